The Labute approximate surface area is 133 Å². The van der Waals surface area contributed by atoms with E-state index in [1.165, 1.54) is 0 Å². The molecule has 1 aromatic heterocycles. The molecule has 1 aliphatic rings. The number of aromatic nitrogens is 1. The fraction of sp³-hybridized carbons (Fsp3) is 0.400. The third-order valence-corrected chi connectivity index (χ3v) is 4.22. The number of carbonyl (C=O) groups is 1. The number of carbonyl (C=O) groups excluding carboxylic acids is 1. The molecule has 1 aromatic rings. The zero-order chi connectivity index (χ0) is 16.5. The first-order chi connectivity index (χ1) is 10.2. The second-order valence-corrected chi connectivity index (χ2v) is 7.45. The smallest absolute Gasteiger partial charge is 0.185 e. The average Bonchev–Trinajstić information content (AvgIpc) is 2.47. The molecule has 22 heavy (non-hydrogen) atoms. The third kappa shape index (κ3) is 3.11. The van der Waals surface area contributed by atoms with E-state index < -0.39 is 0 Å². The first kappa shape index (κ1) is 16.4. The van der Waals surface area contributed by atoms with Crippen LogP contribution >= 0.6 is 0 Å². The van der Waals surface area contributed by atoms with Gasteiger partial charge in [0.2, 0.25) is 0 Å². The van der Waals surface area contributed by atoms with Crippen LogP contribution in [0.25, 0.3) is 0 Å². The molecule has 0 N–H and O–H groups in total. The molecule has 2 rings (SSSR count). The van der Waals surface area contributed by atoms with E-state index in [4.69, 9.17) is 0 Å². The molecule has 116 valence electrons. The zero-order valence-electron chi connectivity index (χ0n) is 14.2. The summed E-state index contributed by atoms with van der Waals surface area (Å²) in [6.07, 6.45) is 7.75. The molecule has 2 nitrogen and oxygen atoms in total. The van der Waals surface area contributed by atoms with Gasteiger partial charge in [-0.3, -0.25) is 9.78 Å². The van der Waals surface area contributed by atoms with Gasteiger partial charge in [0.05, 0.1) is 5.69 Å². The quantitative estimate of drug-likeness (QED) is 0.745. The SMILES string of the molecule is C=CC(C)(C)C1=CC(c2ccccn2)C=C(C(C)(C)C)C1=O. The number of pyridine rings is 1. The van der Waals surface area contributed by atoms with Gasteiger partial charge in [0.25, 0.3) is 0 Å². The van der Waals surface area contributed by atoms with Gasteiger partial charge in [0.15, 0.2) is 5.78 Å². The summed E-state index contributed by atoms with van der Waals surface area (Å²) in [7, 11) is 0. The topological polar surface area (TPSA) is 30.0 Å². The van der Waals surface area contributed by atoms with Crippen molar-refractivity contribution in [1.29, 1.82) is 0 Å². The van der Waals surface area contributed by atoms with Gasteiger partial charge in [0, 0.05) is 28.7 Å². The van der Waals surface area contributed by atoms with Crippen molar-refractivity contribution in [1.82, 2.24) is 4.98 Å². The van der Waals surface area contributed by atoms with Gasteiger partial charge in [0.1, 0.15) is 0 Å². The number of nitrogens with zero attached hydrogens (tertiary/aromatic N) is 1. The first-order valence-electron chi connectivity index (χ1n) is 7.70. The Kier molecular flexibility index (Phi) is 4.23. The Balaban J connectivity index is 2.59. The normalized spacial score (nSPS) is 19.5. The fourth-order valence-corrected chi connectivity index (χ4v) is 2.66. The van der Waals surface area contributed by atoms with Crippen LogP contribution in [0.2, 0.25) is 0 Å². The molecule has 1 unspecified atom stereocenters. The van der Waals surface area contributed by atoms with Gasteiger partial charge >= 0.3 is 0 Å². The van der Waals surface area contributed by atoms with Crippen LogP contribution < -0.4 is 0 Å². The van der Waals surface area contributed by atoms with E-state index in [0.29, 0.717) is 0 Å². The van der Waals surface area contributed by atoms with Crippen LogP contribution in [0.3, 0.4) is 0 Å². The lowest BCUT2D eigenvalue weighted by molar-refractivity contribution is -0.114. The monoisotopic (exact) mass is 295 g/mol. The molecule has 0 radical (unpaired) electrons. The maximum absolute atomic E-state index is 12.9. The van der Waals surface area contributed by atoms with Gasteiger partial charge < -0.3 is 0 Å². The predicted octanol–water partition coefficient (Wildman–Crippen LogP) is 4.86. The summed E-state index contributed by atoms with van der Waals surface area (Å²) < 4.78 is 0. The van der Waals surface area contributed by atoms with Crippen LogP contribution in [0.15, 0.2) is 60.3 Å². The summed E-state index contributed by atoms with van der Waals surface area (Å²) in [5.74, 6) is 0.159. The van der Waals surface area contributed by atoms with Crippen molar-refractivity contribution >= 4 is 5.78 Å². The Bertz CT molecular complexity index is 642. The highest BCUT2D eigenvalue weighted by Gasteiger charge is 2.36. The molecule has 1 aliphatic carbocycles. The molecule has 0 bridgehead atoms. The number of allylic oxidation sites excluding steroid dienone is 5. The Morgan fingerprint density at radius 2 is 1.73 bits per heavy atom. The summed E-state index contributed by atoms with van der Waals surface area (Å²) in [5.41, 5.74) is 2.09. The average molecular weight is 295 g/mol. The Hall–Kier alpha value is -1.96. The molecular weight excluding hydrogens is 270 g/mol. The number of hydrogen-bond acceptors (Lipinski definition) is 2. The van der Waals surface area contributed by atoms with Crippen molar-refractivity contribution in [3.8, 4) is 0 Å². The van der Waals surface area contributed by atoms with Crippen molar-refractivity contribution in [2.45, 2.75) is 40.5 Å². The van der Waals surface area contributed by atoms with E-state index in [9.17, 15) is 4.79 Å². The molecule has 0 amide bonds. The fourth-order valence-electron chi connectivity index (χ4n) is 2.66. The van der Waals surface area contributed by atoms with Crippen LogP contribution in [0, 0.1) is 10.8 Å². The molecule has 1 heterocycles. The van der Waals surface area contributed by atoms with Gasteiger partial charge in [-0.2, -0.15) is 0 Å². The molecular formula is C20H25NO. The molecule has 0 aromatic carbocycles. The van der Waals surface area contributed by atoms with Gasteiger partial charge in [-0.05, 0) is 17.5 Å². The van der Waals surface area contributed by atoms with Gasteiger partial charge in [-0.25, -0.2) is 0 Å². The first-order valence-corrected chi connectivity index (χ1v) is 7.70. The summed E-state index contributed by atoms with van der Waals surface area (Å²) in [6, 6.07) is 5.89. The molecule has 0 spiro atoms. The van der Waals surface area contributed by atoms with Crippen LogP contribution in [-0.2, 0) is 4.79 Å². The Morgan fingerprint density at radius 3 is 2.23 bits per heavy atom. The Morgan fingerprint density at radius 1 is 1.09 bits per heavy atom. The highest BCUT2D eigenvalue weighted by atomic mass is 16.1. The number of ketones is 1. The molecule has 1 atom stereocenters. The van der Waals surface area contributed by atoms with Crippen LogP contribution in [0.1, 0.15) is 46.2 Å². The van der Waals surface area contributed by atoms with Gasteiger partial charge in [-0.1, -0.05) is 58.9 Å². The van der Waals surface area contributed by atoms with E-state index in [0.717, 1.165) is 16.8 Å². The van der Waals surface area contributed by atoms with Crippen molar-refractivity contribution < 1.29 is 4.79 Å². The van der Waals surface area contributed by atoms with E-state index in [1.807, 2.05) is 44.2 Å². The van der Waals surface area contributed by atoms with Crippen LogP contribution in [0.4, 0.5) is 0 Å². The minimum atomic E-state index is -0.352. The van der Waals surface area contributed by atoms with Crippen LogP contribution in [0.5, 0.6) is 0 Å². The minimum Gasteiger partial charge on any atom is -0.289 e. The van der Waals surface area contributed by atoms with Gasteiger partial charge in [-0.15, -0.1) is 6.58 Å². The highest BCUT2D eigenvalue weighted by molar-refractivity contribution is 6.11. The molecule has 0 fully saturated rings. The summed E-state index contributed by atoms with van der Waals surface area (Å²) >= 11 is 0. The maximum atomic E-state index is 12.9. The number of rotatable bonds is 3. The van der Waals surface area contributed by atoms with Crippen molar-refractivity contribution in [3.63, 3.8) is 0 Å². The maximum Gasteiger partial charge on any atom is 0.185 e. The summed E-state index contributed by atoms with van der Waals surface area (Å²) in [6.45, 7) is 14.2. The lowest BCUT2D eigenvalue weighted by Gasteiger charge is -2.33. The highest BCUT2D eigenvalue weighted by Crippen LogP contribution is 2.41. The second kappa shape index (κ2) is 5.68. The molecule has 2 heteroatoms. The second-order valence-electron chi connectivity index (χ2n) is 7.45. The van der Waals surface area contributed by atoms with E-state index in [2.05, 4.69) is 38.4 Å². The standard InChI is InChI=1S/C20H25NO/c1-7-20(5,6)16-13-14(17-10-8-9-11-21-17)12-15(18(16)22)19(2,3)4/h7-14H,1H2,2-6H3. The largest absolute Gasteiger partial charge is 0.289 e. The van der Waals surface area contributed by atoms with E-state index in [1.54, 1.807) is 6.20 Å². The van der Waals surface area contributed by atoms with E-state index in [-0.39, 0.29) is 22.5 Å². The predicted molar refractivity (Wildman–Crippen MR) is 91.6 cm³/mol. The third-order valence-electron chi connectivity index (χ3n) is 4.22. The number of Topliss-reactive ketones (excluding diaryl/α,β-unsaturated/α-hetero) is 1. The van der Waals surface area contributed by atoms with Crippen molar-refractivity contribution in [2.24, 2.45) is 10.8 Å². The minimum absolute atomic E-state index is 0.0300. The lowest BCUT2D eigenvalue weighted by Crippen LogP contribution is -2.29. The molecule has 0 saturated carbocycles. The van der Waals surface area contributed by atoms with E-state index >= 15 is 0 Å². The molecule has 0 aliphatic heterocycles. The molecule has 0 saturated heterocycles. The van der Waals surface area contributed by atoms with Crippen molar-refractivity contribution in [2.75, 3.05) is 0 Å². The summed E-state index contributed by atoms with van der Waals surface area (Å²) in [5, 5.41) is 0. The lowest BCUT2D eigenvalue weighted by atomic mass is 9.70. The summed E-state index contributed by atoms with van der Waals surface area (Å²) in [4.78, 5) is 17.4. The van der Waals surface area contributed by atoms with Crippen LogP contribution in [-0.4, -0.2) is 10.8 Å². The zero-order valence-corrected chi connectivity index (χ0v) is 14.2. The van der Waals surface area contributed by atoms with Crippen molar-refractivity contribution in [3.05, 3.63) is 66.0 Å². The number of hydrogen-bond donors (Lipinski definition) is 0.